The molecule has 0 saturated carbocycles. The summed E-state index contributed by atoms with van der Waals surface area (Å²) in [5, 5.41) is 8.87. The first-order valence-corrected chi connectivity index (χ1v) is 9.98. The third kappa shape index (κ3) is 3.03. The number of nitrogens with zero attached hydrogens (tertiary/aromatic N) is 5. The van der Waals surface area contributed by atoms with E-state index >= 15 is 0 Å². The predicted octanol–water partition coefficient (Wildman–Crippen LogP) is 4.24. The number of benzene rings is 1. The molecule has 1 aromatic carbocycles. The van der Waals surface area contributed by atoms with Crippen molar-refractivity contribution < 1.29 is 9.32 Å². The van der Waals surface area contributed by atoms with Crippen molar-refractivity contribution in [1.82, 2.24) is 24.4 Å². The molecule has 4 aromatic rings. The molecule has 0 radical (unpaired) electrons. The van der Waals surface area contributed by atoms with Gasteiger partial charge in [-0.15, -0.1) is 0 Å². The van der Waals surface area contributed by atoms with Gasteiger partial charge in [0.05, 0.1) is 24.3 Å². The van der Waals surface area contributed by atoms with Crippen molar-refractivity contribution in [3.63, 3.8) is 0 Å². The normalized spacial score (nSPS) is 13.6. The topological polar surface area (TPSA) is 69.1 Å². The van der Waals surface area contributed by atoms with E-state index in [1.165, 1.54) is 0 Å². The zero-order valence-corrected chi connectivity index (χ0v) is 17.2. The highest BCUT2D eigenvalue weighted by molar-refractivity contribution is 5.93. The first kappa shape index (κ1) is 18.4. The fourth-order valence-electron chi connectivity index (χ4n) is 3.83. The smallest absolute Gasteiger partial charge is 0.276 e. The van der Waals surface area contributed by atoms with Gasteiger partial charge in [0, 0.05) is 29.6 Å². The van der Waals surface area contributed by atoms with Gasteiger partial charge in [-0.05, 0) is 32.9 Å². The average Bonchev–Trinajstić information content (AvgIpc) is 3.50. The van der Waals surface area contributed by atoms with Crippen LogP contribution in [0.1, 0.15) is 42.5 Å². The summed E-state index contributed by atoms with van der Waals surface area (Å²) in [5.74, 6) is 1.43. The first-order valence-electron chi connectivity index (χ1n) is 9.98. The second-order valence-corrected chi connectivity index (χ2v) is 8.53. The van der Waals surface area contributed by atoms with Crippen molar-refractivity contribution in [3.8, 4) is 17.1 Å². The molecule has 3 aromatic heterocycles. The third-order valence-electron chi connectivity index (χ3n) is 5.29. The molecule has 4 heterocycles. The van der Waals surface area contributed by atoms with E-state index in [1.54, 1.807) is 11.0 Å². The van der Waals surface area contributed by atoms with E-state index in [2.05, 4.69) is 30.5 Å². The van der Waals surface area contributed by atoms with Crippen molar-refractivity contribution in [3.05, 3.63) is 77.9 Å². The van der Waals surface area contributed by atoms with E-state index in [-0.39, 0.29) is 11.4 Å². The average molecular weight is 401 g/mol. The van der Waals surface area contributed by atoms with Crippen LogP contribution in [0.4, 0.5) is 0 Å². The highest BCUT2D eigenvalue weighted by atomic mass is 16.5. The van der Waals surface area contributed by atoms with E-state index in [9.17, 15) is 4.79 Å². The van der Waals surface area contributed by atoms with Gasteiger partial charge in [0.2, 0.25) is 0 Å². The zero-order chi connectivity index (χ0) is 20.9. The lowest BCUT2D eigenvalue weighted by molar-refractivity contribution is 0.0738. The van der Waals surface area contributed by atoms with Gasteiger partial charge >= 0.3 is 0 Å². The molecule has 1 aliphatic rings. The van der Waals surface area contributed by atoms with Crippen LogP contribution in [0.5, 0.6) is 0 Å². The number of fused-ring (bicyclic) bond motifs is 1. The number of carbonyl (C=O) groups excluding carboxylic acids is 1. The van der Waals surface area contributed by atoms with Crippen LogP contribution >= 0.6 is 0 Å². The molecule has 7 nitrogen and oxygen atoms in total. The molecule has 152 valence electrons. The van der Waals surface area contributed by atoms with Gasteiger partial charge in [-0.25, -0.2) is 4.68 Å². The number of aromatic nitrogens is 4. The summed E-state index contributed by atoms with van der Waals surface area (Å²) < 4.78 is 9.52. The SMILES string of the molecule is CC(C)(C)n1nc2c(c1-n1cccc1)CN(C(=O)c1cc(-c3ccccc3)on1)C2. The molecule has 0 saturated heterocycles. The Bertz CT molecular complexity index is 1200. The molecule has 0 N–H and O–H groups in total. The molecule has 7 heteroatoms. The molecular formula is C23H23N5O2. The maximum absolute atomic E-state index is 13.1. The van der Waals surface area contributed by atoms with E-state index in [0.717, 1.165) is 22.6 Å². The highest BCUT2D eigenvalue weighted by Gasteiger charge is 2.34. The van der Waals surface area contributed by atoms with E-state index < -0.39 is 0 Å². The van der Waals surface area contributed by atoms with Crippen molar-refractivity contribution in [2.45, 2.75) is 39.4 Å². The van der Waals surface area contributed by atoms with Gasteiger partial charge in [0.15, 0.2) is 11.5 Å². The van der Waals surface area contributed by atoms with E-state index in [4.69, 9.17) is 9.62 Å². The fourth-order valence-corrected chi connectivity index (χ4v) is 3.83. The number of hydrogen-bond acceptors (Lipinski definition) is 4. The predicted molar refractivity (Wildman–Crippen MR) is 112 cm³/mol. The Morgan fingerprint density at radius 2 is 1.77 bits per heavy atom. The van der Waals surface area contributed by atoms with Crippen LogP contribution in [0.15, 0.2) is 65.4 Å². The number of carbonyl (C=O) groups is 1. The molecule has 30 heavy (non-hydrogen) atoms. The number of rotatable bonds is 3. The summed E-state index contributed by atoms with van der Waals surface area (Å²) >= 11 is 0. The van der Waals surface area contributed by atoms with Gasteiger partial charge in [0.1, 0.15) is 5.82 Å². The Morgan fingerprint density at radius 1 is 1.03 bits per heavy atom. The Hall–Kier alpha value is -3.61. The summed E-state index contributed by atoms with van der Waals surface area (Å²) in [7, 11) is 0. The monoisotopic (exact) mass is 401 g/mol. The lowest BCUT2D eigenvalue weighted by atomic mass is 10.1. The molecule has 0 spiro atoms. The molecule has 0 unspecified atom stereocenters. The van der Waals surface area contributed by atoms with Gasteiger partial charge in [-0.3, -0.25) is 4.79 Å². The zero-order valence-electron chi connectivity index (χ0n) is 17.2. The van der Waals surface area contributed by atoms with Crippen molar-refractivity contribution in [2.75, 3.05) is 0 Å². The standard InChI is InChI=1S/C23H23N5O2/c1-23(2,3)28-21(26-11-7-8-12-26)17-14-27(15-19(17)24-28)22(29)18-13-20(30-25-18)16-9-5-4-6-10-16/h4-13H,14-15H2,1-3H3. The first-order chi connectivity index (χ1) is 14.4. The van der Waals surface area contributed by atoms with Crippen molar-refractivity contribution in [1.29, 1.82) is 0 Å². The summed E-state index contributed by atoms with van der Waals surface area (Å²) in [6.45, 7) is 7.34. The van der Waals surface area contributed by atoms with Gasteiger partial charge in [-0.1, -0.05) is 35.5 Å². The van der Waals surface area contributed by atoms with Crippen molar-refractivity contribution in [2.24, 2.45) is 0 Å². The molecule has 0 bridgehead atoms. The van der Waals surface area contributed by atoms with Crippen LogP contribution in [-0.4, -0.2) is 30.3 Å². The summed E-state index contributed by atoms with van der Waals surface area (Å²) in [5.41, 5.74) is 3.03. The van der Waals surface area contributed by atoms with Crippen LogP contribution in [0.2, 0.25) is 0 Å². The molecule has 0 fully saturated rings. The van der Waals surface area contributed by atoms with Crippen molar-refractivity contribution >= 4 is 5.91 Å². The fraction of sp³-hybridized carbons (Fsp3) is 0.261. The van der Waals surface area contributed by atoms with Gasteiger partial charge in [-0.2, -0.15) is 5.10 Å². The number of amides is 1. The second-order valence-electron chi connectivity index (χ2n) is 8.53. The summed E-state index contributed by atoms with van der Waals surface area (Å²) in [6, 6.07) is 15.3. The maximum Gasteiger partial charge on any atom is 0.276 e. The van der Waals surface area contributed by atoms with Gasteiger partial charge < -0.3 is 14.0 Å². The lowest BCUT2D eigenvalue weighted by Crippen LogP contribution is -2.29. The molecule has 1 aliphatic heterocycles. The summed E-state index contributed by atoms with van der Waals surface area (Å²) in [6.07, 6.45) is 4.02. The molecule has 1 amide bonds. The quantitative estimate of drug-likeness (QED) is 0.515. The minimum absolute atomic E-state index is 0.153. The minimum Gasteiger partial charge on any atom is -0.355 e. The van der Waals surface area contributed by atoms with Gasteiger partial charge in [0.25, 0.3) is 5.91 Å². The number of hydrogen-bond donors (Lipinski definition) is 0. The largest absolute Gasteiger partial charge is 0.355 e. The molecule has 0 aliphatic carbocycles. The van der Waals surface area contributed by atoms with Crippen LogP contribution in [0.3, 0.4) is 0 Å². The highest BCUT2D eigenvalue weighted by Crippen LogP contribution is 2.33. The molecule has 5 rings (SSSR count). The summed E-state index contributed by atoms with van der Waals surface area (Å²) in [4.78, 5) is 14.9. The second kappa shape index (κ2) is 6.73. The minimum atomic E-state index is -0.171. The maximum atomic E-state index is 13.1. The molecular weight excluding hydrogens is 378 g/mol. The van der Waals surface area contributed by atoms with Crippen LogP contribution < -0.4 is 0 Å². The Labute approximate surface area is 174 Å². The lowest BCUT2D eigenvalue weighted by Gasteiger charge is -2.24. The Balaban J connectivity index is 1.44. The van der Waals surface area contributed by atoms with Crippen LogP contribution in [0.25, 0.3) is 17.1 Å². The Kier molecular flexibility index (Phi) is 4.13. The Morgan fingerprint density at radius 3 is 2.47 bits per heavy atom. The van der Waals surface area contributed by atoms with E-state index in [0.29, 0.717) is 24.5 Å². The van der Waals surface area contributed by atoms with E-state index in [1.807, 2.05) is 59.5 Å². The van der Waals surface area contributed by atoms with Crippen LogP contribution in [-0.2, 0) is 18.6 Å². The third-order valence-corrected chi connectivity index (χ3v) is 5.29. The molecule has 0 atom stereocenters. The van der Waals surface area contributed by atoms with Crippen LogP contribution in [0, 0.1) is 0 Å².